The molecule has 1 aromatic rings. The Balaban J connectivity index is 3.08. The summed E-state index contributed by atoms with van der Waals surface area (Å²) in [6.07, 6.45) is 0.777. The molecule has 0 spiro atoms. The number of likely N-dealkylation sites (N-methyl/N-ethyl adjacent to an activating group) is 1. The van der Waals surface area contributed by atoms with Gasteiger partial charge in [0, 0.05) is 29.8 Å². The highest BCUT2D eigenvalue weighted by Gasteiger charge is 2.25. The number of nitrogens with two attached hydrogens (primary N) is 1. The van der Waals surface area contributed by atoms with Gasteiger partial charge in [0.2, 0.25) is 10.0 Å². The minimum absolute atomic E-state index is 0.263. The molecule has 7 heteroatoms. The molecule has 5 nitrogen and oxygen atoms in total. The normalized spacial score (nSPS) is 12.3. The molecule has 0 saturated carbocycles. The molecule has 0 fully saturated rings. The Kier molecular flexibility index (Phi) is 6.44. The first-order valence-electron chi connectivity index (χ1n) is 6.49. The van der Waals surface area contributed by atoms with Gasteiger partial charge in [-0.05, 0) is 54.6 Å². The molecule has 0 amide bonds. The average molecular weight is 364 g/mol. The number of anilines is 1. The fraction of sp³-hybridized carbons (Fsp3) is 0.538. The zero-order valence-corrected chi connectivity index (χ0v) is 14.5. The maximum Gasteiger partial charge on any atom is 0.244 e. The van der Waals surface area contributed by atoms with Gasteiger partial charge in [-0.1, -0.05) is 6.92 Å². The van der Waals surface area contributed by atoms with Gasteiger partial charge in [-0.25, -0.2) is 8.42 Å². The van der Waals surface area contributed by atoms with Gasteiger partial charge in [0.15, 0.2) is 0 Å². The van der Waals surface area contributed by atoms with Crippen LogP contribution in [-0.2, 0) is 10.0 Å². The second-order valence-corrected chi connectivity index (χ2v) is 7.66. The summed E-state index contributed by atoms with van der Waals surface area (Å²) >= 11 is 3.29. The average Bonchev–Trinajstić information content (AvgIpc) is 2.33. The predicted molar refractivity (Wildman–Crippen MR) is 86.2 cm³/mol. The summed E-state index contributed by atoms with van der Waals surface area (Å²) in [6.45, 7) is 3.63. The summed E-state index contributed by atoms with van der Waals surface area (Å²) in [5, 5.41) is 0. The summed E-state index contributed by atoms with van der Waals surface area (Å²) in [7, 11) is 0.351. The third-order valence-corrected chi connectivity index (χ3v) is 5.72. The number of hydrogen-bond donors (Lipinski definition) is 1. The first kappa shape index (κ1) is 17.4. The molecule has 0 radical (unpaired) electrons. The highest BCUT2D eigenvalue weighted by molar-refractivity contribution is 9.10. The highest BCUT2D eigenvalue weighted by atomic mass is 79.9. The molecule has 0 aliphatic heterocycles. The Morgan fingerprint density at radius 1 is 1.20 bits per heavy atom. The zero-order chi connectivity index (χ0) is 15.3. The van der Waals surface area contributed by atoms with Gasteiger partial charge in [-0.2, -0.15) is 4.31 Å². The number of rotatable bonds is 7. The Hall–Kier alpha value is -0.630. The lowest BCUT2D eigenvalue weighted by Crippen LogP contribution is -2.37. The second-order valence-electron chi connectivity index (χ2n) is 4.90. The first-order chi connectivity index (χ1) is 9.28. The number of hydrogen-bond acceptors (Lipinski definition) is 4. The standard InChI is InChI=1S/C13H22BrN3O2S/c1-4-7-17(9-8-16(2)3)20(18,19)13-6-5-11(15)10-12(13)14/h5-6,10H,4,7-9,15H2,1-3H3. The van der Waals surface area contributed by atoms with E-state index in [1.54, 1.807) is 18.2 Å². The maximum absolute atomic E-state index is 12.7. The summed E-state index contributed by atoms with van der Waals surface area (Å²) in [5.74, 6) is 0. The molecule has 0 saturated heterocycles. The molecule has 1 rings (SSSR count). The van der Waals surface area contributed by atoms with E-state index in [0.717, 1.165) is 6.42 Å². The maximum atomic E-state index is 12.7. The Bertz CT molecular complexity index is 547. The number of sulfonamides is 1. The van der Waals surface area contributed by atoms with Gasteiger partial charge < -0.3 is 10.6 Å². The largest absolute Gasteiger partial charge is 0.399 e. The van der Waals surface area contributed by atoms with Gasteiger partial charge in [0.05, 0.1) is 4.90 Å². The van der Waals surface area contributed by atoms with Crippen LogP contribution < -0.4 is 5.73 Å². The van der Waals surface area contributed by atoms with Crippen LogP contribution in [0.15, 0.2) is 27.6 Å². The van der Waals surface area contributed by atoms with Crippen molar-refractivity contribution >= 4 is 31.6 Å². The fourth-order valence-electron chi connectivity index (χ4n) is 1.78. The molecule has 0 aliphatic rings. The molecule has 0 unspecified atom stereocenters. The van der Waals surface area contributed by atoms with Crippen molar-refractivity contribution in [2.45, 2.75) is 18.2 Å². The van der Waals surface area contributed by atoms with Crippen molar-refractivity contribution in [1.29, 1.82) is 0 Å². The smallest absolute Gasteiger partial charge is 0.244 e. The lowest BCUT2D eigenvalue weighted by molar-refractivity contribution is 0.333. The first-order valence-corrected chi connectivity index (χ1v) is 8.72. The number of nitrogen functional groups attached to an aromatic ring is 1. The zero-order valence-electron chi connectivity index (χ0n) is 12.1. The monoisotopic (exact) mass is 363 g/mol. The van der Waals surface area contributed by atoms with Gasteiger partial charge >= 0.3 is 0 Å². The summed E-state index contributed by atoms with van der Waals surface area (Å²) in [6, 6.07) is 4.77. The van der Waals surface area contributed by atoms with Crippen LogP contribution in [0, 0.1) is 0 Å². The van der Waals surface area contributed by atoms with Crippen LogP contribution in [0.4, 0.5) is 5.69 Å². The van der Waals surface area contributed by atoms with Crippen LogP contribution >= 0.6 is 15.9 Å². The molecule has 0 bridgehead atoms. The Labute approximate surface area is 129 Å². The summed E-state index contributed by atoms with van der Waals surface area (Å²) in [5.41, 5.74) is 6.19. The Morgan fingerprint density at radius 3 is 2.35 bits per heavy atom. The SMILES string of the molecule is CCCN(CCN(C)C)S(=O)(=O)c1ccc(N)cc1Br. The van der Waals surface area contributed by atoms with Crippen molar-refractivity contribution in [3.05, 3.63) is 22.7 Å². The molecule has 0 atom stereocenters. The van der Waals surface area contributed by atoms with Gasteiger partial charge in [-0.15, -0.1) is 0 Å². The highest BCUT2D eigenvalue weighted by Crippen LogP contribution is 2.27. The van der Waals surface area contributed by atoms with E-state index in [1.165, 1.54) is 4.31 Å². The van der Waals surface area contributed by atoms with Gasteiger partial charge in [0.1, 0.15) is 0 Å². The molecule has 0 aliphatic carbocycles. The van der Waals surface area contributed by atoms with Crippen molar-refractivity contribution in [1.82, 2.24) is 9.21 Å². The van der Waals surface area contributed by atoms with Crippen molar-refractivity contribution in [2.75, 3.05) is 39.5 Å². The third-order valence-electron chi connectivity index (χ3n) is 2.84. The van der Waals surface area contributed by atoms with Crippen molar-refractivity contribution in [3.63, 3.8) is 0 Å². The van der Waals surface area contributed by atoms with E-state index in [-0.39, 0.29) is 4.90 Å². The second kappa shape index (κ2) is 7.40. The van der Waals surface area contributed by atoms with E-state index in [9.17, 15) is 8.42 Å². The van der Waals surface area contributed by atoms with Crippen LogP contribution in [0.5, 0.6) is 0 Å². The van der Waals surface area contributed by atoms with E-state index in [0.29, 0.717) is 29.8 Å². The molecular formula is C13H22BrN3O2S. The van der Waals surface area contributed by atoms with E-state index in [4.69, 9.17) is 5.73 Å². The molecule has 2 N–H and O–H groups in total. The van der Waals surface area contributed by atoms with E-state index >= 15 is 0 Å². The van der Waals surface area contributed by atoms with Gasteiger partial charge in [-0.3, -0.25) is 0 Å². The fourth-order valence-corrected chi connectivity index (χ4v) is 4.36. The van der Waals surface area contributed by atoms with E-state index < -0.39 is 10.0 Å². The van der Waals surface area contributed by atoms with Crippen LogP contribution in [0.3, 0.4) is 0 Å². The molecule has 0 heterocycles. The molecular weight excluding hydrogens is 342 g/mol. The van der Waals surface area contributed by atoms with Crippen molar-refractivity contribution < 1.29 is 8.42 Å². The van der Waals surface area contributed by atoms with E-state index in [1.807, 2.05) is 25.9 Å². The minimum atomic E-state index is -3.50. The quantitative estimate of drug-likeness (QED) is 0.752. The van der Waals surface area contributed by atoms with E-state index in [2.05, 4.69) is 15.9 Å². The number of benzene rings is 1. The van der Waals surface area contributed by atoms with Crippen LogP contribution in [-0.4, -0.2) is 51.4 Å². The van der Waals surface area contributed by atoms with Crippen molar-refractivity contribution in [3.8, 4) is 0 Å². The summed E-state index contributed by atoms with van der Waals surface area (Å²) < 4.78 is 27.4. The number of halogens is 1. The molecule has 1 aromatic carbocycles. The van der Waals surface area contributed by atoms with Crippen molar-refractivity contribution in [2.24, 2.45) is 0 Å². The third kappa shape index (κ3) is 4.44. The molecule has 114 valence electrons. The summed E-state index contributed by atoms with van der Waals surface area (Å²) in [4.78, 5) is 2.23. The van der Waals surface area contributed by atoms with Crippen LogP contribution in [0.25, 0.3) is 0 Å². The van der Waals surface area contributed by atoms with Crippen LogP contribution in [0.1, 0.15) is 13.3 Å². The molecule has 20 heavy (non-hydrogen) atoms. The number of nitrogens with zero attached hydrogens (tertiary/aromatic N) is 2. The predicted octanol–water partition coefficient (Wildman–Crippen LogP) is 1.99. The molecule has 0 aromatic heterocycles. The lowest BCUT2D eigenvalue weighted by Gasteiger charge is -2.24. The Morgan fingerprint density at radius 2 is 1.85 bits per heavy atom. The van der Waals surface area contributed by atoms with Crippen LogP contribution in [0.2, 0.25) is 0 Å². The topological polar surface area (TPSA) is 66.6 Å². The van der Waals surface area contributed by atoms with Gasteiger partial charge in [0.25, 0.3) is 0 Å². The minimum Gasteiger partial charge on any atom is -0.399 e. The lowest BCUT2D eigenvalue weighted by atomic mass is 10.3.